The second kappa shape index (κ2) is 4.72. The van der Waals surface area contributed by atoms with E-state index in [1.165, 1.54) is 0 Å². The fourth-order valence-electron chi connectivity index (χ4n) is 0.269. The van der Waals surface area contributed by atoms with Gasteiger partial charge in [-0.15, -0.1) is 4.91 Å². The summed E-state index contributed by atoms with van der Waals surface area (Å²) < 4.78 is 0. The Morgan fingerprint density at radius 3 is 2.70 bits per heavy atom. The van der Waals surface area contributed by atoms with E-state index in [0.29, 0.717) is 12.5 Å². The van der Waals surface area contributed by atoms with Crippen LogP contribution in [0.2, 0.25) is 0 Å². The van der Waals surface area contributed by atoms with E-state index in [1.54, 1.807) is 0 Å². The van der Waals surface area contributed by atoms with Gasteiger partial charge in [-0.1, -0.05) is 13.8 Å². The molecule has 10 heavy (non-hydrogen) atoms. The van der Waals surface area contributed by atoms with Gasteiger partial charge in [0.25, 0.3) is 5.96 Å². The molecule has 0 aromatic rings. The molecule has 0 radical (unpaired) electrons. The highest BCUT2D eigenvalue weighted by Crippen LogP contribution is 1.91. The number of oxime groups is 1. The topological polar surface area (TPSA) is 77.0 Å². The van der Waals surface area contributed by atoms with E-state index in [1.807, 2.05) is 13.8 Å². The highest BCUT2D eigenvalue weighted by molar-refractivity contribution is 5.77. The lowest BCUT2D eigenvalue weighted by molar-refractivity contribution is 0.118. The third-order valence-electron chi connectivity index (χ3n) is 0.659. The predicted octanol–water partition coefficient (Wildman–Crippen LogP) is 0.655. The molecule has 0 aliphatic rings. The molecule has 0 aromatic carbocycles. The van der Waals surface area contributed by atoms with Gasteiger partial charge in [0.15, 0.2) is 0 Å². The smallest absolute Gasteiger partial charge is 0.297 e. The van der Waals surface area contributed by atoms with Crippen LogP contribution in [0, 0.1) is 10.8 Å². The predicted molar refractivity (Wildman–Crippen MR) is 38.2 cm³/mol. The molecule has 0 aliphatic carbocycles. The first-order valence-corrected chi connectivity index (χ1v) is 2.95. The first-order valence-electron chi connectivity index (χ1n) is 2.95. The summed E-state index contributed by atoms with van der Waals surface area (Å²) in [5.41, 5.74) is 4.91. The van der Waals surface area contributed by atoms with Crippen molar-refractivity contribution in [3.05, 3.63) is 4.91 Å². The molecule has 0 aromatic heterocycles. The Bertz CT molecular complexity index is 133. The quantitative estimate of drug-likeness (QED) is 0.274. The maximum Gasteiger partial charge on any atom is 0.297 e. The zero-order valence-corrected chi connectivity index (χ0v) is 6.07. The molecule has 0 heterocycles. The third-order valence-corrected chi connectivity index (χ3v) is 0.659. The van der Waals surface area contributed by atoms with Crippen LogP contribution in [0.25, 0.3) is 0 Å². The second-order valence-electron chi connectivity index (χ2n) is 2.23. The van der Waals surface area contributed by atoms with E-state index in [4.69, 9.17) is 5.73 Å². The maximum absolute atomic E-state index is 9.59. The molecule has 5 heteroatoms. The first-order chi connectivity index (χ1) is 4.66. The van der Waals surface area contributed by atoms with Crippen LogP contribution < -0.4 is 5.73 Å². The summed E-state index contributed by atoms with van der Waals surface area (Å²) in [5.74, 6) is -0.0103. The molecule has 0 bridgehead atoms. The third kappa shape index (κ3) is 5.02. The first kappa shape index (κ1) is 8.87. The van der Waals surface area contributed by atoms with Gasteiger partial charge in [-0.3, -0.25) is 0 Å². The van der Waals surface area contributed by atoms with Crippen LogP contribution in [0.1, 0.15) is 13.8 Å². The van der Waals surface area contributed by atoms with Gasteiger partial charge in [0.05, 0.1) is 0 Å². The average molecular weight is 145 g/mol. The minimum Gasteiger partial charge on any atom is -0.392 e. The van der Waals surface area contributed by atoms with Crippen LogP contribution in [-0.4, -0.2) is 12.6 Å². The van der Waals surface area contributed by atoms with E-state index >= 15 is 0 Å². The van der Waals surface area contributed by atoms with Crippen LogP contribution in [0.15, 0.2) is 10.3 Å². The van der Waals surface area contributed by atoms with Crippen molar-refractivity contribution in [2.24, 2.45) is 22.0 Å². The lowest BCUT2D eigenvalue weighted by Crippen LogP contribution is -2.08. The molecule has 0 spiro atoms. The van der Waals surface area contributed by atoms with Gasteiger partial charge in [-0.2, -0.15) is 0 Å². The summed E-state index contributed by atoms with van der Waals surface area (Å²) in [6.07, 6.45) is 0. The van der Waals surface area contributed by atoms with Gasteiger partial charge >= 0.3 is 0 Å². The van der Waals surface area contributed by atoms with Crippen molar-refractivity contribution in [1.29, 1.82) is 0 Å². The lowest BCUT2D eigenvalue weighted by Gasteiger charge is -2.00. The second-order valence-corrected chi connectivity index (χ2v) is 2.23. The highest BCUT2D eigenvalue weighted by atomic mass is 16.6. The number of hydrogen-bond donors (Lipinski definition) is 1. The largest absolute Gasteiger partial charge is 0.392 e. The summed E-state index contributed by atoms with van der Waals surface area (Å²) in [7, 11) is 0. The fourth-order valence-corrected chi connectivity index (χ4v) is 0.269. The van der Waals surface area contributed by atoms with Crippen molar-refractivity contribution in [3.8, 4) is 0 Å². The van der Waals surface area contributed by atoms with Crippen molar-refractivity contribution in [2.45, 2.75) is 13.8 Å². The monoisotopic (exact) mass is 145 g/mol. The van der Waals surface area contributed by atoms with Gasteiger partial charge < -0.3 is 10.6 Å². The fraction of sp³-hybridized carbons (Fsp3) is 0.800. The highest BCUT2D eigenvalue weighted by Gasteiger charge is 1.92. The van der Waals surface area contributed by atoms with E-state index in [2.05, 4.69) is 15.2 Å². The minimum atomic E-state index is -0.374. The van der Waals surface area contributed by atoms with Crippen molar-refractivity contribution < 1.29 is 4.84 Å². The molecule has 0 saturated carbocycles. The van der Waals surface area contributed by atoms with Gasteiger partial charge in [-0.05, 0) is 11.1 Å². The molecular weight excluding hydrogens is 134 g/mol. The summed E-state index contributed by atoms with van der Waals surface area (Å²) in [4.78, 5) is 14.2. The number of nitroso groups, excluding NO2 is 1. The molecule has 58 valence electrons. The van der Waals surface area contributed by atoms with Crippen LogP contribution in [0.4, 0.5) is 0 Å². The molecule has 0 amide bonds. The Morgan fingerprint density at radius 1 is 1.70 bits per heavy atom. The normalized spacial score (nSPS) is 11.7. The average Bonchev–Trinajstić information content (AvgIpc) is 1.87. The maximum atomic E-state index is 9.59. The standard InChI is InChI=1S/C5H11N3O2/c1-4(2)3-10-8-5(6)7-9/h4H,3H2,1-2H3,(H2,6,8). The molecule has 5 nitrogen and oxygen atoms in total. The molecule has 0 aliphatic heterocycles. The van der Waals surface area contributed by atoms with Gasteiger partial charge in [0.1, 0.15) is 6.61 Å². The molecule has 2 N–H and O–H groups in total. The summed E-state index contributed by atoms with van der Waals surface area (Å²) in [6.45, 7) is 4.36. The Balaban J connectivity index is 3.43. The summed E-state index contributed by atoms with van der Waals surface area (Å²) in [6, 6.07) is 0. The molecule has 0 fully saturated rings. The minimum absolute atomic E-state index is 0.364. The number of nitrogens with two attached hydrogens (primary N) is 1. The lowest BCUT2D eigenvalue weighted by atomic mass is 10.2. The van der Waals surface area contributed by atoms with Crippen molar-refractivity contribution in [2.75, 3.05) is 6.61 Å². The number of hydrogen-bond acceptors (Lipinski definition) is 3. The SMILES string of the molecule is CC(C)CON=C(N)N=O. The molecule has 0 atom stereocenters. The van der Waals surface area contributed by atoms with Gasteiger partial charge in [0.2, 0.25) is 0 Å². The van der Waals surface area contributed by atoms with E-state index in [-0.39, 0.29) is 5.96 Å². The van der Waals surface area contributed by atoms with Gasteiger partial charge in [0, 0.05) is 5.18 Å². The zero-order valence-electron chi connectivity index (χ0n) is 6.07. The Morgan fingerprint density at radius 2 is 2.30 bits per heavy atom. The van der Waals surface area contributed by atoms with Crippen LogP contribution in [-0.2, 0) is 4.84 Å². The molecule has 0 saturated heterocycles. The number of nitrogens with zero attached hydrogens (tertiary/aromatic N) is 2. The number of rotatable bonds is 3. The van der Waals surface area contributed by atoms with Crippen molar-refractivity contribution in [1.82, 2.24) is 0 Å². The molecule has 0 rings (SSSR count). The number of guanidine groups is 1. The molecular formula is C5H11N3O2. The van der Waals surface area contributed by atoms with E-state index < -0.39 is 0 Å². The van der Waals surface area contributed by atoms with Crippen molar-refractivity contribution >= 4 is 5.96 Å². The van der Waals surface area contributed by atoms with Crippen molar-refractivity contribution in [3.63, 3.8) is 0 Å². The summed E-state index contributed by atoms with van der Waals surface area (Å²) >= 11 is 0. The van der Waals surface area contributed by atoms with Crippen LogP contribution in [0.5, 0.6) is 0 Å². The zero-order chi connectivity index (χ0) is 7.98. The van der Waals surface area contributed by atoms with Crippen LogP contribution >= 0.6 is 0 Å². The van der Waals surface area contributed by atoms with E-state index in [9.17, 15) is 4.91 Å². The summed E-state index contributed by atoms with van der Waals surface area (Å²) in [5, 5.41) is 5.54. The Labute approximate surface area is 59.2 Å². The molecule has 0 unspecified atom stereocenters. The van der Waals surface area contributed by atoms with E-state index in [0.717, 1.165) is 0 Å². The van der Waals surface area contributed by atoms with Gasteiger partial charge in [-0.25, -0.2) is 0 Å². The Kier molecular flexibility index (Phi) is 4.19. The Hall–Kier alpha value is -1.13. The van der Waals surface area contributed by atoms with Crippen LogP contribution in [0.3, 0.4) is 0 Å².